The van der Waals surface area contributed by atoms with Crippen LogP contribution in [0.1, 0.15) is 11.3 Å². The molecule has 1 aromatic heterocycles. The average Bonchev–Trinajstić information content (AvgIpc) is 2.96. The second kappa shape index (κ2) is 5.55. The minimum Gasteiger partial charge on any atom is -0.274 e. The van der Waals surface area contributed by atoms with Gasteiger partial charge in [0.25, 0.3) is 0 Å². The SMILES string of the molecule is Cn1cc(-c2ccc(-c3ccccc3C#N)cc2)c(C#N)n1. The fourth-order valence-corrected chi connectivity index (χ4v) is 2.44. The maximum atomic E-state index is 9.19. The molecule has 0 radical (unpaired) electrons. The quantitative estimate of drug-likeness (QED) is 0.723. The summed E-state index contributed by atoms with van der Waals surface area (Å²) in [6.07, 6.45) is 1.83. The van der Waals surface area contributed by atoms with E-state index in [1.165, 1.54) is 0 Å². The van der Waals surface area contributed by atoms with Crippen LogP contribution in [0.5, 0.6) is 0 Å². The molecule has 2 aromatic carbocycles. The van der Waals surface area contributed by atoms with E-state index in [4.69, 9.17) is 5.26 Å². The van der Waals surface area contributed by atoms with Gasteiger partial charge in [-0.2, -0.15) is 15.6 Å². The van der Waals surface area contributed by atoms with Crippen LogP contribution in [0.2, 0.25) is 0 Å². The molecule has 4 nitrogen and oxygen atoms in total. The van der Waals surface area contributed by atoms with E-state index in [0.29, 0.717) is 11.3 Å². The molecule has 104 valence electrons. The van der Waals surface area contributed by atoms with Crippen molar-refractivity contribution >= 4 is 0 Å². The first-order valence-electron chi connectivity index (χ1n) is 6.76. The molecule has 1 heterocycles. The van der Waals surface area contributed by atoms with Gasteiger partial charge in [0.05, 0.1) is 11.6 Å². The monoisotopic (exact) mass is 284 g/mol. The van der Waals surface area contributed by atoms with Crippen LogP contribution in [-0.2, 0) is 7.05 Å². The molecule has 0 N–H and O–H groups in total. The van der Waals surface area contributed by atoms with Crippen molar-refractivity contribution in [1.29, 1.82) is 10.5 Å². The fraction of sp³-hybridized carbons (Fsp3) is 0.0556. The van der Waals surface area contributed by atoms with Crippen molar-refractivity contribution in [2.24, 2.45) is 7.05 Å². The first-order chi connectivity index (χ1) is 10.7. The van der Waals surface area contributed by atoms with E-state index in [1.807, 2.05) is 48.7 Å². The maximum Gasteiger partial charge on any atom is 0.170 e. The number of rotatable bonds is 2. The zero-order chi connectivity index (χ0) is 15.5. The van der Waals surface area contributed by atoms with Crippen molar-refractivity contribution in [2.45, 2.75) is 0 Å². The van der Waals surface area contributed by atoms with Crippen LogP contribution < -0.4 is 0 Å². The van der Waals surface area contributed by atoms with Crippen LogP contribution >= 0.6 is 0 Å². The predicted molar refractivity (Wildman–Crippen MR) is 83.5 cm³/mol. The molecule has 0 saturated heterocycles. The Hall–Kier alpha value is -3.37. The Morgan fingerprint density at radius 1 is 0.864 bits per heavy atom. The summed E-state index contributed by atoms with van der Waals surface area (Å²) in [6, 6.07) is 19.6. The molecule has 0 aliphatic carbocycles. The van der Waals surface area contributed by atoms with E-state index in [0.717, 1.165) is 22.3 Å². The number of aryl methyl sites for hydroxylation is 1. The third kappa shape index (κ3) is 2.34. The molecule has 0 saturated carbocycles. The number of nitrogens with zero attached hydrogens (tertiary/aromatic N) is 4. The topological polar surface area (TPSA) is 65.4 Å². The molecule has 0 spiro atoms. The van der Waals surface area contributed by atoms with Crippen molar-refractivity contribution in [2.75, 3.05) is 0 Å². The number of benzene rings is 2. The van der Waals surface area contributed by atoms with Crippen LogP contribution in [0.3, 0.4) is 0 Å². The molecule has 0 amide bonds. The van der Waals surface area contributed by atoms with Crippen LogP contribution in [0.15, 0.2) is 54.7 Å². The average molecular weight is 284 g/mol. The molecular weight excluding hydrogens is 272 g/mol. The summed E-state index contributed by atoms with van der Waals surface area (Å²) >= 11 is 0. The predicted octanol–water partition coefficient (Wildman–Crippen LogP) is 3.50. The summed E-state index contributed by atoms with van der Waals surface area (Å²) in [5, 5.41) is 22.4. The lowest BCUT2D eigenvalue weighted by atomic mass is 9.98. The summed E-state index contributed by atoms with van der Waals surface area (Å²) < 4.78 is 1.63. The number of aromatic nitrogens is 2. The molecule has 0 unspecified atom stereocenters. The molecule has 22 heavy (non-hydrogen) atoms. The second-order valence-electron chi connectivity index (χ2n) is 4.91. The van der Waals surface area contributed by atoms with E-state index in [1.54, 1.807) is 17.8 Å². The normalized spacial score (nSPS) is 9.95. The molecule has 4 heteroatoms. The lowest BCUT2D eigenvalue weighted by Crippen LogP contribution is -1.86. The minimum absolute atomic E-state index is 0.410. The van der Waals surface area contributed by atoms with Crippen molar-refractivity contribution < 1.29 is 0 Å². The Balaban J connectivity index is 2.04. The van der Waals surface area contributed by atoms with Gasteiger partial charge < -0.3 is 0 Å². The van der Waals surface area contributed by atoms with Crippen molar-refractivity contribution in [1.82, 2.24) is 9.78 Å². The Labute approximate surface area is 128 Å². The lowest BCUT2D eigenvalue weighted by molar-refractivity contribution is 0.763. The van der Waals surface area contributed by atoms with Gasteiger partial charge in [-0.3, -0.25) is 4.68 Å². The van der Waals surface area contributed by atoms with Gasteiger partial charge in [0.1, 0.15) is 6.07 Å². The second-order valence-corrected chi connectivity index (χ2v) is 4.91. The number of hydrogen-bond acceptors (Lipinski definition) is 3. The third-order valence-corrected chi connectivity index (χ3v) is 3.49. The smallest absolute Gasteiger partial charge is 0.170 e. The van der Waals surface area contributed by atoms with Gasteiger partial charge in [0, 0.05) is 18.8 Å². The van der Waals surface area contributed by atoms with Crippen LogP contribution in [-0.4, -0.2) is 9.78 Å². The molecule has 0 bridgehead atoms. The van der Waals surface area contributed by atoms with E-state index in [9.17, 15) is 5.26 Å². The summed E-state index contributed by atoms with van der Waals surface area (Å²) in [6.45, 7) is 0. The molecule has 3 aromatic rings. The Kier molecular flexibility index (Phi) is 3.43. The van der Waals surface area contributed by atoms with Crippen LogP contribution in [0, 0.1) is 22.7 Å². The summed E-state index contributed by atoms with van der Waals surface area (Å²) in [5.41, 5.74) is 4.68. The maximum absolute atomic E-state index is 9.19. The first kappa shape index (κ1) is 13.6. The zero-order valence-electron chi connectivity index (χ0n) is 12.0. The van der Waals surface area contributed by atoms with E-state index < -0.39 is 0 Å². The van der Waals surface area contributed by atoms with E-state index >= 15 is 0 Å². The zero-order valence-corrected chi connectivity index (χ0v) is 12.0. The molecule has 3 rings (SSSR count). The highest BCUT2D eigenvalue weighted by molar-refractivity contribution is 5.75. The van der Waals surface area contributed by atoms with Gasteiger partial charge in [0.2, 0.25) is 0 Å². The van der Waals surface area contributed by atoms with Crippen molar-refractivity contribution in [3.63, 3.8) is 0 Å². The largest absolute Gasteiger partial charge is 0.274 e. The number of hydrogen-bond donors (Lipinski definition) is 0. The molecule has 0 aliphatic rings. The Morgan fingerprint density at radius 2 is 1.50 bits per heavy atom. The summed E-state index contributed by atoms with van der Waals surface area (Å²) in [7, 11) is 1.79. The highest BCUT2D eigenvalue weighted by Gasteiger charge is 2.10. The van der Waals surface area contributed by atoms with Crippen molar-refractivity contribution in [3.8, 4) is 34.4 Å². The highest BCUT2D eigenvalue weighted by Crippen LogP contribution is 2.28. The molecular formula is C18H12N4. The number of nitriles is 2. The van der Waals surface area contributed by atoms with Gasteiger partial charge in [-0.05, 0) is 22.8 Å². The summed E-state index contributed by atoms with van der Waals surface area (Å²) in [4.78, 5) is 0. The van der Waals surface area contributed by atoms with E-state index in [-0.39, 0.29) is 0 Å². The third-order valence-electron chi connectivity index (χ3n) is 3.49. The van der Waals surface area contributed by atoms with Crippen molar-refractivity contribution in [3.05, 3.63) is 66.0 Å². The Bertz CT molecular complexity index is 905. The van der Waals surface area contributed by atoms with E-state index in [2.05, 4.69) is 17.2 Å². The van der Waals surface area contributed by atoms with Gasteiger partial charge >= 0.3 is 0 Å². The molecule has 0 atom stereocenters. The standard InChI is InChI=1S/C18H12N4/c1-22-12-17(18(11-20)21-22)14-8-6-13(7-9-14)16-5-3-2-4-15(16)10-19/h2-9,12H,1H3. The van der Waals surface area contributed by atoms with Gasteiger partial charge in [-0.15, -0.1) is 0 Å². The van der Waals surface area contributed by atoms with Gasteiger partial charge in [-0.25, -0.2) is 0 Å². The van der Waals surface area contributed by atoms with Gasteiger partial charge in [0.15, 0.2) is 5.69 Å². The Morgan fingerprint density at radius 3 is 2.14 bits per heavy atom. The molecule has 0 aliphatic heterocycles. The van der Waals surface area contributed by atoms with Gasteiger partial charge in [-0.1, -0.05) is 42.5 Å². The van der Waals surface area contributed by atoms with Crippen LogP contribution in [0.4, 0.5) is 0 Å². The molecule has 0 fully saturated rings. The highest BCUT2D eigenvalue weighted by atomic mass is 15.2. The minimum atomic E-state index is 0.410. The fourth-order valence-electron chi connectivity index (χ4n) is 2.44. The summed E-state index contributed by atoms with van der Waals surface area (Å²) in [5.74, 6) is 0. The lowest BCUT2D eigenvalue weighted by Gasteiger charge is -2.05. The first-order valence-corrected chi connectivity index (χ1v) is 6.76. The van der Waals surface area contributed by atoms with Crippen LogP contribution in [0.25, 0.3) is 22.3 Å².